The molecule has 1 aromatic rings. The van der Waals surface area contributed by atoms with Gasteiger partial charge in [0, 0.05) is 51.5 Å². The number of hydrogen-bond donors (Lipinski definition) is 1. The zero-order valence-corrected chi connectivity index (χ0v) is 12.7. The fourth-order valence-corrected chi connectivity index (χ4v) is 2.50. The van der Waals surface area contributed by atoms with Gasteiger partial charge in [-0.05, 0) is 13.5 Å². The van der Waals surface area contributed by atoms with E-state index < -0.39 is 0 Å². The summed E-state index contributed by atoms with van der Waals surface area (Å²) in [5.74, 6) is 0.194. The Balaban J connectivity index is 1.76. The van der Waals surface area contributed by atoms with E-state index in [0.717, 1.165) is 38.3 Å². The van der Waals surface area contributed by atoms with Gasteiger partial charge in [-0.1, -0.05) is 6.92 Å². The molecule has 0 atom stereocenters. The fourth-order valence-electron chi connectivity index (χ4n) is 2.50. The highest BCUT2D eigenvalue weighted by atomic mass is 16.2. The SMILES string of the molecule is CCc1nn(C)cc1CNCC(=O)N1CCN(C)CC1. The zero-order valence-electron chi connectivity index (χ0n) is 12.7. The highest BCUT2D eigenvalue weighted by Crippen LogP contribution is 2.06. The van der Waals surface area contributed by atoms with E-state index in [1.807, 2.05) is 22.8 Å². The molecule has 0 radical (unpaired) electrons. The number of likely N-dealkylation sites (N-methyl/N-ethyl adjacent to an activating group) is 1. The monoisotopic (exact) mass is 279 g/mol. The standard InChI is InChI=1S/C14H25N5O/c1-4-13-12(11-18(3)16-13)9-15-10-14(20)19-7-5-17(2)6-8-19/h11,15H,4-10H2,1-3H3. The Morgan fingerprint density at radius 1 is 1.30 bits per heavy atom. The van der Waals surface area contributed by atoms with Gasteiger partial charge in [0.05, 0.1) is 12.2 Å². The van der Waals surface area contributed by atoms with Crippen LogP contribution in [0.4, 0.5) is 0 Å². The first-order valence-corrected chi connectivity index (χ1v) is 7.28. The maximum atomic E-state index is 12.1. The number of carbonyl (C=O) groups excluding carboxylic acids is 1. The number of hydrogen-bond acceptors (Lipinski definition) is 4. The fraction of sp³-hybridized carbons (Fsp3) is 0.714. The predicted octanol–water partition coefficient (Wildman–Crippen LogP) is -0.154. The number of carbonyl (C=O) groups is 1. The van der Waals surface area contributed by atoms with Crippen molar-refractivity contribution in [3.63, 3.8) is 0 Å². The molecular formula is C14H25N5O. The molecule has 20 heavy (non-hydrogen) atoms. The van der Waals surface area contributed by atoms with E-state index in [1.54, 1.807) is 0 Å². The lowest BCUT2D eigenvalue weighted by atomic mass is 10.2. The van der Waals surface area contributed by atoms with Gasteiger partial charge >= 0.3 is 0 Å². The smallest absolute Gasteiger partial charge is 0.236 e. The second-order valence-corrected chi connectivity index (χ2v) is 5.42. The van der Waals surface area contributed by atoms with E-state index in [9.17, 15) is 4.79 Å². The molecule has 1 aliphatic heterocycles. The number of nitrogens with zero attached hydrogens (tertiary/aromatic N) is 4. The first-order valence-electron chi connectivity index (χ1n) is 7.28. The number of rotatable bonds is 5. The Hall–Kier alpha value is -1.40. The molecule has 1 amide bonds. The van der Waals surface area contributed by atoms with Crippen molar-refractivity contribution in [3.8, 4) is 0 Å². The maximum absolute atomic E-state index is 12.1. The summed E-state index contributed by atoms with van der Waals surface area (Å²) in [6, 6.07) is 0. The van der Waals surface area contributed by atoms with Crippen LogP contribution in [0.15, 0.2) is 6.20 Å². The Bertz CT molecular complexity index is 448. The number of piperazine rings is 1. The number of nitrogens with one attached hydrogen (secondary N) is 1. The molecule has 1 fully saturated rings. The third-order valence-corrected chi connectivity index (χ3v) is 3.77. The minimum Gasteiger partial charge on any atom is -0.339 e. The summed E-state index contributed by atoms with van der Waals surface area (Å²) in [6.07, 6.45) is 2.94. The predicted molar refractivity (Wildman–Crippen MR) is 78.4 cm³/mol. The molecule has 0 unspecified atom stereocenters. The van der Waals surface area contributed by atoms with E-state index in [1.165, 1.54) is 5.56 Å². The Labute approximate surface area is 120 Å². The molecule has 6 heteroatoms. The van der Waals surface area contributed by atoms with Crippen LogP contribution in [0.3, 0.4) is 0 Å². The van der Waals surface area contributed by atoms with Crippen LogP contribution in [0.1, 0.15) is 18.2 Å². The summed E-state index contributed by atoms with van der Waals surface area (Å²) < 4.78 is 1.83. The lowest BCUT2D eigenvalue weighted by Gasteiger charge is -2.32. The molecular weight excluding hydrogens is 254 g/mol. The second kappa shape index (κ2) is 6.85. The summed E-state index contributed by atoms with van der Waals surface area (Å²) >= 11 is 0. The van der Waals surface area contributed by atoms with Gasteiger partial charge in [0.15, 0.2) is 0 Å². The van der Waals surface area contributed by atoms with Gasteiger partial charge in [-0.25, -0.2) is 0 Å². The summed E-state index contributed by atoms with van der Waals surface area (Å²) in [5, 5.41) is 7.64. The van der Waals surface area contributed by atoms with E-state index in [-0.39, 0.29) is 5.91 Å². The first-order chi connectivity index (χ1) is 9.60. The van der Waals surface area contributed by atoms with Crippen molar-refractivity contribution in [2.75, 3.05) is 39.8 Å². The molecule has 2 heterocycles. The highest BCUT2D eigenvalue weighted by Gasteiger charge is 2.18. The molecule has 0 saturated carbocycles. The van der Waals surface area contributed by atoms with Crippen molar-refractivity contribution in [3.05, 3.63) is 17.5 Å². The third-order valence-electron chi connectivity index (χ3n) is 3.77. The average molecular weight is 279 g/mol. The van der Waals surface area contributed by atoms with Gasteiger partial charge < -0.3 is 15.1 Å². The largest absolute Gasteiger partial charge is 0.339 e. The molecule has 1 aliphatic rings. The Morgan fingerprint density at radius 2 is 2.00 bits per heavy atom. The highest BCUT2D eigenvalue weighted by molar-refractivity contribution is 5.78. The molecule has 1 N–H and O–H groups in total. The van der Waals surface area contributed by atoms with Gasteiger partial charge in [-0.3, -0.25) is 9.48 Å². The van der Waals surface area contributed by atoms with Crippen molar-refractivity contribution in [1.82, 2.24) is 24.9 Å². The van der Waals surface area contributed by atoms with Gasteiger partial charge in [-0.15, -0.1) is 0 Å². The van der Waals surface area contributed by atoms with Crippen LogP contribution in [0.5, 0.6) is 0 Å². The Morgan fingerprint density at radius 3 is 2.65 bits per heavy atom. The van der Waals surface area contributed by atoms with Crippen LogP contribution in [0, 0.1) is 0 Å². The second-order valence-electron chi connectivity index (χ2n) is 5.42. The van der Waals surface area contributed by atoms with E-state index >= 15 is 0 Å². The molecule has 1 saturated heterocycles. The zero-order chi connectivity index (χ0) is 14.5. The molecule has 0 bridgehead atoms. The Kier molecular flexibility index (Phi) is 5.14. The van der Waals surface area contributed by atoms with Gasteiger partial charge in [0.2, 0.25) is 5.91 Å². The summed E-state index contributed by atoms with van der Waals surface area (Å²) in [6.45, 7) is 6.82. The van der Waals surface area contributed by atoms with Crippen LogP contribution in [0.25, 0.3) is 0 Å². The maximum Gasteiger partial charge on any atom is 0.236 e. The number of amides is 1. The minimum atomic E-state index is 0.194. The molecule has 6 nitrogen and oxygen atoms in total. The van der Waals surface area contributed by atoms with Gasteiger partial charge in [0.1, 0.15) is 0 Å². The number of aryl methyl sites for hydroxylation is 2. The van der Waals surface area contributed by atoms with Crippen molar-refractivity contribution < 1.29 is 4.79 Å². The van der Waals surface area contributed by atoms with E-state index in [0.29, 0.717) is 13.1 Å². The molecule has 0 spiro atoms. The molecule has 2 rings (SSSR count). The summed E-state index contributed by atoms with van der Waals surface area (Å²) in [7, 11) is 4.02. The normalized spacial score (nSPS) is 16.6. The van der Waals surface area contributed by atoms with Gasteiger partial charge in [-0.2, -0.15) is 5.10 Å². The van der Waals surface area contributed by atoms with Crippen LogP contribution in [0.2, 0.25) is 0 Å². The number of aromatic nitrogens is 2. The van der Waals surface area contributed by atoms with Crippen LogP contribution < -0.4 is 5.32 Å². The van der Waals surface area contributed by atoms with Crippen molar-refractivity contribution in [2.24, 2.45) is 7.05 Å². The quantitative estimate of drug-likeness (QED) is 0.814. The minimum absolute atomic E-state index is 0.194. The van der Waals surface area contributed by atoms with Crippen LogP contribution in [-0.2, 0) is 24.8 Å². The molecule has 1 aromatic heterocycles. The third kappa shape index (κ3) is 3.80. The van der Waals surface area contributed by atoms with Crippen LogP contribution >= 0.6 is 0 Å². The van der Waals surface area contributed by atoms with Gasteiger partial charge in [0.25, 0.3) is 0 Å². The van der Waals surface area contributed by atoms with Crippen molar-refractivity contribution in [1.29, 1.82) is 0 Å². The molecule has 0 aromatic carbocycles. The first kappa shape index (κ1) is 15.0. The van der Waals surface area contributed by atoms with Crippen LogP contribution in [-0.4, -0.2) is 65.3 Å². The van der Waals surface area contributed by atoms with E-state index in [2.05, 4.69) is 29.3 Å². The topological polar surface area (TPSA) is 53.4 Å². The lowest BCUT2D eigenvalue weighted by Crippen LogP contribution is -2.49. The average Bonchev–Trinajstić information content (AvgIpc) is 2.79. The van der Waals surface area contributed by atoms with E-state index in [4.69, 9.17) is 0 Å². The lowest BCUT2D eigenvalue weighted by molar-refractivity contribution is -0.131. The summed E-state index contributed by atoms with van der Waals surface area (Å²) in [5.41, 5.74) is 2.29. The van der Waals surface area contributed by atoms with Crippen molar-refractivity contribution in [2.45, 2.75) is 19.9 Å². The van der Waals surface area contributed by atoms with Crippen molar-refractivity contribution >= 4 is 5.91 Å². The molecule has 0 aliphatic carbocycles. The molecule has 112 valence electrons. The summed E-state index contributed by atoms with van der Waals surface area (Å²) in [4.78, 5) is 16.3.